The SMILES string of the molecule is O=S(=O)(C1CC1)N1CCC(n2cc(-c3ncnc4[nH]ccc34)cn2)CC1. The van der Waals surface area contributed by atoms with Crippen molar-refractivity contribution in [2.24, 2.45) is 0 Å². The smallest absolute Gasteiger partial charge is 0.216 e. The van der Waals surface area contributed by atoms with Crippen molar-refractivity contribution in [3.63, 3.8) is 0 Å². The van der Waals surface area contributed by atoms with E-state index in [-0.39, 0.29) is 11.3 Å². The number of nitrogens with zero attached hydrogens (tertiary/aromatic N) is 5. The Balaban J connectivity index is 1.34. The first-order chi connectivity index (χ1) is 12.6. The average molecular weight is 372 g/mol. The van der Waals surface area contributed by atoms with Gasteiger partial charge >= 0.3 is 0 Å². The van der Waals surface area contributed by atoms with Gasteiger partial charge in [0.2, 0.25) is 10.0 Å². The maximum Gasteiger partial charge on any atom is 0.216 e. The fourth-order valence-corrected chi connectivity index (χ4v) is 5.57. The second-order valence-corrected chi connectivity index (χ2v) is 9.26. The third-order valence-corrected chi connectivity index (χ3v) is 7.73. The molecule has 1 saturated heterocycles. The van der Waals surface area contributed by atoms with E-state index in [0.29, 0.717) is 13.1 Å². The topological polar surface area (TPSA) is 96.8 Å². The highest BCUT2D eigenvalue weighted by Crippen LogP contribution is 2.34. The van der Waals surface area contributed by atoms with Crippen molar-refractivity contribution in [2.75, 3.05) is 13.1 Å². The van der Waals surface area contributed by atoms with E-state index in [1.165, 1.54) is 0 Å². The van der Waals surface area contributed by atoms with E-state index >= 15 is 0 Å². The van der Waals surface area contributed by atoms with Gasteiger partial charge in [-0.3, -0.25) is 4.68 Å². The first-order valence-corrected chi connectivity index (χ1v) is 10.4. The number of H-pyrrole nitrogens is 1. The molecule has 9 heteroatoms. The van der Waals surface area contributed by atoms with Crippen molar-refractivity contribution in [3.05, 3.63) is 31.0 Å². The van der Waals surface area contributed by atoms with Gasteiger partial charge in [-0.15, -0.1) is 0 Å². The van der Waals surface area contributed by atoms with Gasteiger partial charge in [0.15, 0.2) is 0 Å². The Morgan fingerprint density at radius 2 is 1.92 bits per heavy atom. The van der Waals surface area contributed by atoms with Crippen LogP contribution in [0.5, 0.6) is 0 Å². The molecular formula is C17H20N6O2S. The summed E-state index contributed by atoms with van der Waals surface area (Å²) in [6.07, 6.45) is 10.4. The molecule has 0 aromatic carbocycles. The quantitative estimate of drug-likeness (QED) is 0.755. The van der Waals surface area contributed by atoms with E-state index in [1.54, 1.807) is 10.6 Å². The van der Waals surface area contributed by atoms with Gasteiger partial charge < -0.3 is 4.98 Å². The molecule has 1 aliphatic heterocycles. The summed E-state index contributed by atoms with van der Waals surface area (Å²) in [5.41, 5.74) is 2.61. The van der Waals surface area contributed by atoms with Gasteiger partial charge in [0, 0.05) is 36.4 Å². The Bertz CT molecular complexity index is 1040. The van der Waals surface area contributed by atoms with Gasteiger partial charge in [0.05, 0.1) is 23.2 Å². The van der Waals surface area contributed by atoms with Gasteiger partial charge in [0.1, 0.15) is 12.0 Å². The number of hydrogen-bond acceptors (Lipinski definition) is 5. The van der Waals surface area contributed by atoms with Crippen LogP contribution in [-0.4, -0.2) is 55.8 Å². The van der Waals surface area contributed by atoms with Crippen molar-refractivity contribution in [1.29, 1.82) is 0 Å². The summed E-state index contributed by atoms with van der Waals surface area (Å²) >= 11 is 0. The molecule has 8 nitrogen and oxygen atoms in total. The van der Waals surface area contributed by atoms with E-state index in [1.807, 2.05) is 29.3 Å². The summed E-state index contributed by atoms with van der Waals surface area (Å²) in [5, 5.41) is 5.36. The van der Waals surface area contributed by atoms with E-state index in [4.69, 9.17) is 0 Å². The lowest BCUT2D eigenvalue weighted by atomic mass is 10.1. The third-order valence-electron chi connectivity index (χ3n) is 5.33. The highest BCUT2D eigenvalue weighted by atomic mass is 32.2. The average Bonchev–Trinajstić information content (AvgIpc) is 3.23. The summed E-state index contributed by atoms with van der Waals surface area (Å²) in [4.78, 5) is 11.7. The summed E-state index contributed by atoms with van der Waals surface area (Å²) in [6.45, 7) is 1.16. The van der Waals surface area contributed by atoms with Crippen LogP contribution in [0.1, 0.15) is 31.7 Å². The lowest BCUT2D eigenvalue weighted by Crippen LogP contribution is -2.40. The molecule has 0 spiro atoms. The predicted octanol–water partition coefficient (Wildman–Crippen LogP) is 1.95. The number of fused-ring (bicyclic) bond motifs is 1. The number of aromatic nitrogens is 5. The van der Waals surface area contributed by atoms with Crippen molar-refractivity contribution in [2.45, 2.75) is 37.0 Å². The highest BCUT2D eigenvalue weighted by molar-refractivity contribution is 7.90. The van der Waals surface area contributed by atoms with Gasteiger partial charge in [-0.2, -0.15) is 5.10 Å². The number of aromatic amines is 1. The first kappa shape index (κ1) is 16.0. The maximum absolute atomic E-state index is 12.4. The molecule has 0 amide bonds. The van der Waals surface area contributed by atoms with Crippen LogP contribution < -0.4 is 0 Å². The molecule has 1 N–H and O–H groups in total. The Kier molecular flexibility index (Phi) is 3.61. The minimum atomic E-state index is -3.07. The monoisotopic (exact) mass is 372 g/mol. The molecule has 136 valence electrons. The predicted molar refractivity (Wildman–Crippen MR) is 96.9 cm³/mol. The summed E-state index contributed by atoms with van der Waals surface area (Å²) in [6, 6.07) is 2.18. The van der Waals surface area contributed by atoms with Gasteiger partial charge in [-0.25, -0.2) is 22.7 Å². The Labute approximate surface area is 151 Å². The fraction of sp³-hybridized carbons (Fsp3) is 0.471. The lowest BCUT2D eigenvalue weighted by Gasteiger charge is -2.31. The second kappa shape index (κ2) is 5.88. The van der Waals surface area contributed by atoms with Crippen molar-refractivity contribution >= 4 is 21.1 Å². The number of rotatable bonds is 4. The molecular weight excluding hydrogens is 352 g/mol. The summed E-state index contributed by atoms with van der Waals surface area (Å²) in [5.74, 6) is 0. The molecule has 0 unspecified atom stereocenters. The Morgan fingerprint density at radius 1 is 1.12 bits per heavy atom. The molecule has 4 heterocycles. The molecule has 5 rings (SSSR count). The maximum atomic E-state index is 12.4. The highest BCUT2D eigenvalue weighted by Gasteiger charge is 2.41. The van der Waals surface area contributed by atoms with Crippen molar-refractivity contribution < 1.29 is 8.42 Å². The number of hydrogen-bond donors (Lipinski definition) is 1. The molecule has 3 aromatic heterocycles. The molecule has 1 saturated carbocycles. The van der Waals surface area contributed by atoms with Crippen LogP contribution in [-0.2, 0) is 10.0 Å². The van der Waals surface area contributed by atoms with Crippen LogP contribution in [0, 0.1) is 0 Å². The molecule has 0 atom stereocenters. The minimum absolute atomic E-state index is 0.128. The molecule has 3 aromatic rings. The van der Waals surface area contributed by atoms with Crippen molar-refractivity contribution in [3.8, 4) is 11.3 Å². The van der Waals surface area contributed by atoms with E-state index in [0.717, 1.165) is 48.0 Å². The normalized spacial score (nSPS) is 20.0. The van der Waals surface area contributed by atoms with Crippen LogP contribution in [0.3, 0.4) is 0 Å². The second-order valence-electron chi connectivity index (χ2n) is 7.05. The number of sulfonamides is 1. The minimum Gasteiger partial charge on any atom is -0.346 e. The fourth-order valence-electron chi connectivity index (χ4n) is 3.70. The van der Waals surface area contributed by atoms with Crippen LogP contribution in [0.2, 0.25) is 0 Å². The molecule has 1 aliphatic carbocycles. The van der Waals surface area contributed by atoms with Gasteiger partial charge in [-0.1, -0.05) is 0 Å². The van der Waals surface area contributed by atoms with E-state index in [2.05, 4.69) is 20.1 Å². The summed E-state index contributed by atoms with van der Waals surface area (Å²) in [7, 11) is -3.07. The Morgan fingerprint density at radius 3 is 2.69 bits per heavy atom. The van der Waals surface area contributed by atoms with E-state index < -0.39 is 10.0 Å². The lowest BCUT2D eigenvalue weighted by molar-refractivity contribution is 0.261. The molecule has 2 aliphatic rings. The number of piperidine rings is 1. The zero-order valence-corrected chi connectivity index (χ0v) is 15.1. The molecule has 0 bridgehead atoms. The summed E-state index contributed by atoms with van der Waals surface area (Å²) < 4.78 is 28.4. The van der Waals surface area contributed by atoms with Crippen LogP contribution in [0.25, 0.3) is 22.3 Å². The van der Waals surface area contributed by atoms with Gasteiger partial charge in [0.25, 0.3) is 0 Å². The zero-order valence-electron chi connectivity index (χ0n) is 14.2. The van der Waals surface area contributed by atoms with Crippen LogP contribution in [0.15, 0.2) is 31.0 Å². The Hall–Kier alpha value is -2.26. The van der Waals surface area contributed by atoms with Gasteiger partial charge in [-0.05, 0) is 31.7 Å². The van der Waals surface area contributed by atoms with Crippen LogP contribution >= 0.6 is 0 Å². The van der Waals surface area contributed by atoms with E-state index in [9.17, 15) is 8.42 Å². The standard InChI is InChI=1S/C17H20N6O2S/c24-26(25,14-1-2-14)22-7-4-13(5-8-22)23-10-12(9-21-23)16-15-3-6-18-17(15)20-11-19-16/h3,6,9-11,13-14H,1-2,4-5,7-8H2,(H,18,19,20). The van der Waals surface area contributed by atoms with Crippen LogP contribution in [0.4, 0.5) is 0 Å². The molecule has 2 fully saturated rings. The largest absolute Gasteiger partial charge is 0.346 e. The molecule has 26 heavy (non-hydrogen) atoms. The first-order valence-electron chi connectivity index (χ1n) is 8.94. The molecule has 0 radical (unpaired) electrons. The third kappa shape index (κ3) is 2.62. The zero-order chi connectivity index (χ0) is 17.7. The van der Waals surface area contributed by atoms with Crippen molar-refractivity contribution in [1.82, 2.24) is 29.0 Å². The number of nitrogens with one attached hydrogen (secondary N) is 1.